The molecule has 3 rings (SSSR count). The molecule has 0 saturated carbocycles. The lowest BCUT2D eigenvalue weighted by atomic mass is 10.2. The maximum Gasteiger partial charge on any atom is 0.274 e. The average molecular weight is 375 g/mol. The van der Waals surface area contributed by atoms with Crippen LogP contribution in [0.15, 0.2) is 62.8 Å². The topological polar surface area (TPSA) is 114 Å². The summed E-state index contributed by atoms with van der Waals surface area (Å²) in [5.41, 5.74) is 0.758. The van der Waals surface area contributed by atoms with Crippen LogP contribution in [0.4, 0.5) is 0 Å². The van der Waals surface area contributed by atoms with Gasteiger partial charge >= 0.3 is 0 Å². The van der Waals surface area contributed by atoms with E-state index in [1.165, 1.54) is 24.3 Å². The molecule has 0 aliphatic carbocycles. The Morgan fingerprint density at radius 2 is 1.88 bits per heavy atom. The lowest BCUT2D eigenvalue weighted by molar-refractivity contribution is 0.340. The number of furan rings is 1. The lowest BCUT2D eigenvalue weighted by Gasteiger charge is -2.06. The summed E-state index contributed by atoms with van der Waals surface area (Å²) in [6, 6.07) is 12.7. The van der Waals surface area contributed by atoms with Crippen LogP contribution >= 0.6 is 0 Å². The molecule has 26 heavy (non-hydrogen) atoms. The number of rotatable bonds is 7. The highest BCUT2D eigenvalue weighted by atomic mass is 32.2. The highest BCUT2D eigenvalue weighted by Gasteiger charge is 2.19. The van der Waals surface area contributed by atoms with E-state index in [4.69, 9.17) is 9.15 Å². The second kappa shape index (κ2) is 7.54. The summed E-state index contributed by atoms with van der Waals surface area (Å²) in [7, 11) is -3.82. The van der Waals surface area contributed by atoms with Crippen molar-refractivity contribution in [3.63, 3.8) is 0 Å². The lowest BCUT2D eigenvalue weighted by Crippen LogP contribution is -2.22. The van der Waals surface area contributed by atoms with E-state index in [1.807, 2.05) is 6.92 Å². The minimum Gasteiger partial charge on any atom is -0.494 e. The summed E-state index contributed by atoms with van der Waals surface area (Å²) in [4.78, 5) is 11.0. The van der Waals surface area contributed by atoms with Gasteiger partial charge in [-0.05, 0) is 42.8 Å². The van der Waals surface area contributed by atoms with Crippen LogP contribution in [0.2, 0.25) is 0 Å². The van der Waals surface area contributed by atoms with E-state index in [1.54, 1.807) is 24.3 Å². The normalized spacial score (nSPS) is 11.4. The number of ether oxygens (including phenoxy) is 1. The third-order valence-electron chi connectivity index (χ3n) is 3.48. The molecule has 0 spiro atoms. The minimum absolute atomic E-state index is 0.113. The van der Waals surface area contributed by atoms with Gasteiger partial charge in [-0.3, -0.25) is 4.79 Å². The van der Waals surface area contributed by atoms with Crippen molar-refractivity contribution in [2.24, 2.45) is 0 Å². The van der Waals surface area contributed by atoms with Crippen molar-refractivity contribution < 1.29 is 17.6 Å². The number of benzene rings is 1. The van der Waals surface area contributed by atoms with Crippen LogP contribution in [0.5, 0.6) is 5.75 Å². The van der Waals surface area contributed by atoms with E-state index in [2.05, 4.69) is 14.9 Å². The second-order valence-electron chi connectivity index (χ2n) is 5.33. The molecule has 0 bridgehead atoms. The van der Waals surface area contributed by atoms with E-state index < -0.39 is 10.0 Å². The first-order valence-electron chi connectivity index (χ1n) is 7.85. The first-order chi connectivity index (χ1) is 12.5. The van der Waals surface area contributed by atoms with Crippen LogP contribution in [0.1, 0.15) is 12.5 Å². The summed E-state index contributed by atoms with van der Waals surface area (Å²) in [5.74, 6) is 0.964. The molecular formula is C17H17N3O5S. The van der Waals surface area contributed by atoms with Crippen molar-refractivity contribution in [3.8, 4) is 17.2 Å². The fourth-order valence-electron chi connectivity index (χ4n) is 2.20. The van der Waals surface area contributed by atoms with Crippen molar-refractivity contribution in [2.45, 2.75) is 18.6 Å². The largest absolute Gasteiger partial charge is 0.494 e. The standard InChI is InChI=1S/C17H17N3O5S/c1-2-24-13-5-3-12(4-6-13)11-18-26(22,23)17-10-8-15(25-17)14-7-9-16(21)20-19-14/h3-10,18H,2,11H2,1H3,(H,20,21). The quantitative estimate of drug-likeness (QED) is 0.652. The molecule has 9 heteroatoms. The van der Waals surface area contributed by atoms with Crippen LogP contribution < -0.4 is 15.0 Å². The molecule has 0 aliphatic rings. The molecule has 0 aliphatic heterocycles. The van der Waals surface area contributed by atoms with E-state index in [-0.39, 0.29) is 23.0 Å². The Kier molecular flexibility index (Phi) is 5.19. The average Bonchev–Trinajstić information content (AvgIpc) is 3.13. The van der Waals surface area contributed by atoms with Crippen LogP contribution in [-0.2, 0) is 16.6 Å². The number of sulfonamides is 1. The monoisotopic (exact) mass is 375 g/mol. The molecule has 1 aromatic carbocycles. The van der Waals surface area contributed by atoms with Crippen LogP contribution in [0, 0.1) is 0 Å². The molecule has 3 aromatic rings. The molecule has 2 N–H and O–H groups in total. The molecular weight excluding hydrogens is 358 g/mol. The maximum atomic E-state index is 12.4. The summed E-state index contributed by atoms with van der Waals surface area (Å²) in [6.07, 6.45) is 0. The Morgan fingerprint density at radius 3 is 2.54 bits per heavy atom. The predicted molar refractivity (Wildman–Crippen MR) is 94.2 cm³/mol. The van der Waals surface area contributed by atoms with Crippen molar-refractivity contribution in [1.82, 2.24) is 14.9 Å². The van der Waals surface area contributed by atoms with E-state index >= 15 is 0 Å². The molecule has 0 saturated heterocycles. The number of nitrogens with one attached hydrogen (secondary N) is 2. The van der Waals surface area contributed by atoms with Gasteiger partial charge in [-0.25, -0.2) is 18.2 Å². The molecule has 136 valence electrons. The summed E-state index contributed by atoms with van der Waals surface area (Å²) in [5, 5.41) is 5.84. The number of aromatic nitrogens is 2. The van der Waals surface area contributed by atoms with Gasteiger partial charge in [0.05, 0.1) is 6.61 Å². The number of nitrogens with zero attached hydrogens (tertiary/aromatic N) is 1. The van der Waals surface area contributed by atoms with Gasteiger partial charge in [0.25, 0.3) is 15.6 Å². The highest BCUT2D eigenvalue weighted by Crippen LogP contribution is 2.22. The van der Waals surface area contributed by atoms with Crippen molar-refractivity contribution in [1.29, 1.82) is 0 Å². The SMILES string of the molecule is CCOc1ccc(CNS(=O)(=O)c2ccc(-c3ccc(=O)[nH]n3)o2)cc1. The maximum absolute atomic E-state index is 12.4. The Labute approximate surface area is 149 Å². The van der Waals surface area contributed by atoms with E-state index in [0.717, 1.165) is 11.3 Å². The number of hydrogen-bond acceptors (Lipinski definition) is 6. The van der Waals surface area contributed by atoms with Gasteiger partial charge in [0, 0.05) is 12.6 Å². The highest BCUT2D eigenvalue weighted by molar-refractivity contribution is 7.89. The van der Waals surface area contributed by atoms with Gasteiger partial charge in [-0.1, -0.05) is 12.1 Å². The molecule has 0 radical (unpaired) electrons. The molecule has 0 unspecified atom stereocenters. The van der Waals surface area contributed by atoms with Crippen LogP contribution in [-0.4, -0.2) is 25.2 Å². The third-order valence-corrected chi connectivity index (χ3v) is 4.75. The fourth-order valence-corrected chi connectivity index (χ4v) is 3.15. The zero-order valence-corrected chi connectivity index (χ0v) is 14.7. The third kappa shape index (κ3) is 4.19. The number of aromatic amines is 1. The van der Waals surface area contributed by atoms with Crippen molar-refractivity contribution in [3.05, 3.63) is 64.4 Å². The number of H-pyrrole nitrogens is 1. The van der Waals surface area contributed by atoms with Crippen LogP contribution in [0.3, 0.4) is 0 Å². The van der Waals surface area contributed by atoms with E-state index in [9.17, 15) is 13.2 Å². The molecule has 2 aromatic heterocycles. The molecule has 0 atom stereocenters. The first kappa shape index (κ1) is 17.9. The zero-order valence-electron chi connectivity index (χ0n) is 13.9. The molecule has 0 amide bonds. The zero-order chi connectivity index (χ0) is 18.6. The van der Waals surface area contributed by atoms with Gasteiger partial charge in [0.1, 0.15) is 11.4 Å². The Morgan fingerprint density at radius 1 is 1.12 bits per heavy atom. The van der Waals surface area contributed by atoms with Gasteiger partial charge in [0.15, 0.2) is 5.76 Å². The summed E-state index contributed by atoms with van der Waals surface area (Å²) < 4.78 is 37.9. The van der Waals surface area contributed by atoms with Gasteiger partial charge < -0.3 is 9.15 Å². The molecule has 2 heterocycles. The molecule has 0 fully saturated rings. The molecule has 8 nitrogen and oxygen atoms in total. The van der Waals surface area contributed by atoms with Gasteiger partial charge in [0.2, 0.25) is 5.09 Å². The van der Waals surface area contributed by atoms with Crippen LogP contribution in [0.25, 0.3) is 11.5 Å². The smallest absolute Gasteiger partial charge is 0.274 e. The van der Waals surface area contributed by atoms with Crippen molar-refractivity contribution in [2.75, 3.05) is 6.61 Å². The first-order valence-corrected chi connectivity index (χ1v) is 9.33. The Balaban J connectivity index is 1.70. The van der Waals surface area contributed by atoms with Gasteiger partial charge in [-0.15, -0.1) is 0 Å². The predicted octanol–water partition coefficient (Wildman–Crippen LogP) is 1.91. The summed E-state index contributed by atoms with van der Waals surface area (Å²) in [6.45, 7) is 2.57. The van der Waals surface area contributed by atoms with E-state index in [0.29, 0.717) is 12.3 Å². The van der Waals surface area contributed by atoms with Gasteiger partial charge in [-0.2, -0.15) is 5.10 Å². The Bertz CT molecular complexity index is 1020. The number of hydrogen-bond donors (Lipinski definition) is 2. The minimum atomic E-state index is -3.82. The fraction of sp³-hybridized carbons (Fsp3) is 0.176. The van der Waals surface area contributed by atoms with Crippen molar-refractivity contribution >= 4 is 10.0 Å². The summed E-state index contributed by atoms with van der Waals surface area (Å²) >= 11 is 0. The Hall–Kier alpha value is -2.91. The second-order valence-corrected chi connectivity index (χ2v) is 7.02.